The van der Waals surface area contributed by atoms with Crippen LogP contribution in [0.3, 0.4) is 0 Å². The van der Waals surface area contributed by atoms with E-state index in [-0.39, 0.29) is 24.8 Å². The Balaban J connectivity index is 1.44. The van der Waals surface area contributed by atoms with Crippen LogP contribution in [0.4, 0.5) is 4.79 Å². The van der Waals surface area contributed by atoms with Crippen molar-refractivity contribution in [1.82, 2.24) is 9.88 Å². The summed E-state index contributed by atoms with van der Waals surface area (Å²) < 4.78 is 11.9. The van der Waals surface area contributed by atoms with Crippen LogP contribution in [0.2, 0.25) is 0 Å². The number of carboxylic acids is 1. The third kappa shape index (κ3) is 7.49. The third-order valence-electron chi connectivity index (χ3n) is 5.92. The first-order valence-electron chi connectivity index (χ1n) is 12.4. The van der Waals surface area contributed by atoms with E-state index in [0.717, 1.165) is 27.5 Å². The number of aromatic carboxylic acids is 1. The molecule has 4 rings (SSSR count). The number of aliphatic hydroxyl groups excluding tert-OH is 1. The molecule has 0 aliphatic carbocycles. The first kappa shape index (κ1) is 27.5. The molecule has 3 aromatic rings. The lowest BCUT2D eigenvalue weighted by molar-refractivity contribution is 0.00363. The summed E-state index contributed by atoms with van der Waals surface area (Å²) in [5, 5.41) is 20.0. The molecule has 0 saturated carbocycles. The highest BCUT2D eigenvalue weighted by molar-refractivity contribution is 7.99. The van der Waals surface area contributed by atoms with Gasteiger partial charge in [-0.3, -0.25) is 4.98 Å². The number of aromatic nitrogens is 1. The highest BCUT2D eigenvalue weighted by atomic mass is 32.2. The average molecular weight is 537 g/mol. The van der Waals surface area contributed by atoms with Gasteiger partial charge in [0.25, 0.3) is 0 Å². The van der Waals surface area contributed by atoms with Gasteiger partial charge in [0.05, 0.1) is 24.8 Å². The van der Waals surface area contributed by atoms with Gasteiger partial charge in [-0.15, -0.1) is 0 Å². The molecule has 38 heavy (non-hydrogen) atoms. The van der Waals surface area contributed by atoms with E-state index in [1.54, 1.807) is 42.7 Å². The second-order valence-corrected chi connectivity index (χ2v) is 11.3. The first-order valence-corrected chi connectivity index (χ1v) is 13.3. The Kier molecular flexibility index (Phi) is 8.58. The molecule has 2 N–H and O–H groups in total. The van der Waals surface area contributed by atoms with E-state index in [4.69, 9.17) is 9.47 Å². The summed E-state index contributed by atoms with van der Waals surface area (Å²) >= 11 is 1.50. The number of hydrogen-bond acceptors (Lipinski definition) is 7. The molecule has 9 heteroatoms. The minimum atomic E-state index is -0.953. The summed E-state index contributed by atoms with van der Waals surface area (Å²) in [5.41, 5.74) is 1.25. The molecule has 0 fully saturated rings. The predicted octanol–water partition coefficient (Wildman–Crippen LogP) is 5.60. The number of hydrogen-bond donors (Lipinski definition) is 2. The first-order chi connectivity index (χ1) is 18.1. The number of carbonyl (C=O) groups is 2. The standard InChI is InChI=1S/C29H32N2O6S/c1-29(2,3)37-28(35)31(18-25(32)21-7-5-13-30-16-21)17-22-10-9-19-14-24(11-12-26(19)36-22)38-23-8-4-6-20(15-23)27(33)34/h4-8,11-16,22,25,32H,9-10,17-18H2,1-3H3,(H,33,34)/t22?,25-/m0/s1. The van der Waals surface area contributed by atoms with Gasteiger partial charge in [0.15, 0.2) is 0 Å². The maximum absolute atomic E-state index is 13.0. The molecule has 1 unspecified atom stereocenters. The van der Waals surface area contributed by atoms with E-state index < -0.39 is 23.8 Å². The highest BCUT2D eigenvalue weighted by Gasteiger charge is 2.29. The summed E-state index contributed by atoms with van der Waals surface area (Å²) in [6.07, 6.45) is 2.98. The second-order valence-electron chi connectivity index (χ2n) is 10.2. The number of aliphatic hydroxyl groups is 1. The number of ether oxygens (including phenoxy) is 2. The molecule has 0 radical (unpaired) electrons. The molecular weight excluding hydrogens is 504 g/mol. The lowest BCUT2D eigenvalue weighted by Crippen LogP contribution is -2.45. The molecule has 2 heterocycles. The molecule has 200 valence electrons. The molecule has 0 saturated heterocycles. The zero-order valence-electron chi connectivity index (χ0n) is 21.7. The maximum Gasteiger partial charge on any atom is 0.410 e. The molecular formula is C29H32N2O6S. The van der Waals surface area contributed by atoms with Crippen LogP contribution in [-0.4, -0.2) is 57.0 Å². The number of fused-ring (bicyclic) bond motifs is 1. The van der Waals surface area contributed by atoms with Crippen molar-refractivity contribution >= 4 is 23.8 Å². The Bertz CT molecular complexity index is 1280. The molecule has 0 spiro atoms. The van der Waals surface area contributed by atoms with Crippen LogP contribution in [0.15, 0.2) is 76.8 Å². The van der Waals surface area contributed by atoms with Gasteiger partial charge >= 0.3 is 12.1 Å². The van der Waals surface area contributed by atoms with Gasteiger partial charge in [0.2, 0.25) is 0 Å². The predicted molar refractivity (Wildman–Crippen MR) is 144 cm³/mol. The monoisotopic (exact) mass is 536 g/mol. The fraction of sp³-hybridized carbons (Fsp3) is 0.345. The van der Waals surface area contributed by atoms with Crippen molar-refractivity contribution in [3.05, 3.63) is 83.7 Å². The van der Waals surface area contributed by atoms with Crippen LogP contribution in [0.1, 0.15) is 54.8 Å². The zero-order chi connectivity index (χ0) is 27.3. The fourth-order valence-electron chi connectivity index (χ4n) is 4.13. The van der Waals surface area contributed by atoms with Crippen molar-refractivity contribution in [2.45, 2.75) is 61.2 Å². The van der Waals surface area contributed by atoms with Gasteiger partial charge in [-0.25, -0.2) is 9.59 Å². The van der Waals surface area contributed by atoms with E-state index in [1.165, 1.54) is 16.7 Å². The Labute approximate surface area is 226 Å². The lowest BCUT2D eigenvalue weighted by Gasteiger charge is -2.33. The molecule has 8 nitrogen and oxygen atoms in total. The van der Waals surface area contributed by atoms with Crippen molar-refractivity contribution in [2.75, 3.05) is 13.1 Å². The Morgan fingerprint density at radius 3 is 2.66 bits per heavy atom. The molecule has 1 aromatic heterocycles. The van der Waals surface area contributed by atoms with Crippen LogP contribution in [-0.2, 0) is 11.2 Å². The molecule has 2 atom stereocenters. The molecule has 1 amide bonds. The van der Waals surface area contributed by atoms with Crippen LogP contribution >= 0.6 is 11.8 Å². The second kappa shape index (κ2) is 11.9. The van der Waals surface area contributed by atoms with Crippen molar-refractivity contribution < 1.29 is 29.3 Å². The Morgan fingerprint density at radius 1 is 1.16 bits per heavy atom. The van der Waals surface area contributed by atoms with Crippen LogP contribution in [0.25, 0.3) is 0 Å². The Hall–Kier alpha value is -3.56. The normalized spacial score (nSPS) is 15.6. The van der Waals surface area contributed by atoms with Crippen molar-refractivity contribution in [3.8, 4) is 5.75 Å². The highest BCUT2D eigenvalue weighted by Crippen LogP contribution is 2.35. The number of nitrogens with zero attached hydrogens (tertiary/aromatic N) is 2. The smallest absolute Gasteiger partial charge is 0.410 e. The van der Waals surface area contributed by atoms with E-state index >= 15 is 0 Å². The van der Waals surface area contributed by atoms with Gasteiger partial charge in [-0.2, -0.15) is 0 Å². The topological polar surface area (TPSA) is 109 Å². The number of carbonyl (C=O) groups excluding carboxylic acids is 1. The van der Waals surface area contributed by atoms with Crippen LogP contribution < -0.4 is 4.74 Å². The maximum atomic E-state index is 13.0. The van der Waals surface area contributed by atoms with Gasteiger partial charge in [0, 0.05) is 27.7 Å². The van der Waals surface area contributed by atoms with Crippen molar-refractivity contribution in [1.29, 1.82) is 0 Å². The van der Waals surface area contributed by atoms with Crippen LogP contribution in [0, 0.1) is 0 Å². The van der Waals surface area contributed by atoms with Gasteiger partial charge < -0.3 is 24.6 Å². The number of amides is 1. The van der Waals surface area contributed by atoms with Gasteiger partial charge in [0.1, 0.15) is 17.5 Å². The number of carboxylic acid groups (broad SMARTS) is 1. The Morgan fingerprint density at radius 2 is 1.95 bits per heavy atom. The molecule has 1 aliphatic heterocycles. The lowest BCUT2D eigenvalue weighted by atomic mass is 10.0. The SMILES string of the molecule is CC(C)(C)OC(=O)N(CC1CCc2cc(Sc3cccc(C(=O)O)c3)ccc2O1)C[C@H](O)c1cccnc1. The van der Waals surface area contributed by atoms with Gasteiger partial charge in [-0.1, -0.05) is 23.9 Å². The van der Waals surface area contributed by atoms with E-state index in [2.05, 4.69) is 11.1 Å². The molecule has 2 aromatic carbocycles. The van der Waals surface area contributed by atoms with Crippen molar-refractivity contribution in [3.63, 3.8) is 0 Å². The summed E-state index contributed by atoms with van der Waals surface area (Å²) in [5.74, 6) is -0.201. The summed E-state index contributed by atoms with van der Waals surface area (Å²) in [4.78, 5) is 31.7. The number of rotatable bonds is 8. The number of pyridine rings is 1. The van der Waals surface area contributed by atoms with Crippen LogP contribution in [0.5, 0.6) is 5.75 Å². The third-order valence-corrected chi connectivity index (χ3v) is 6.90. The molecule has 0 bridgehead atoms. The largest absolute Gasteiger partial charge is 0.488 e. The minimum absolute atomic E-state index is 0.0539. The zero-order valence-corrected chi connectivity index (χ0v) is 22.5. The van der Waals surface area contributed by atoms with Crippen molar-refractivity contribution in [2.24, 2.45) is 0 Å². The summed E-state index contributed by atoms with van der Waals surface area (Å²) in [6.45, 7) is 5.74. The van der Waals surface area contributed by atoms with E-state index in [0.29, 0.717) is 12.0 Å². The summed E-state index contributed by atoms with van der Waals surface area (Å²) in [7, 11) is 0. The molecule has 1 aliphatic rings. The fourth-order valence-corrected chi connectivity index (χ4v) is 5.07. The number of aryl methyl sites for hydroxylation is 1. The van der Waals surface area contributed by atoms with Gasteiger partial charge in [-0.05, 0) is 81.6 Å². The van der Waals surface area contributed by atoms with E-state index in [9.17, 15) is 19.8 Å². The van der Waals surface area contributed by atoms with E-state index in [1.807, 2.05) is 39.0 Å². The average Bonchev–Trinajstić information content (AvgIpc) is 2.88. The quantitative estimate of drug-likeness (QED) is 0.383. The minimum Gasteiger partial charge on any atom is -0.488 e. The summed E-state index contributed by atoms with van der Waals surface area (Å²) in [6, 6.07) is 16.3. The number of benzene rings is 2.